The number of esters is 1. The van der Waals surface area contributed by atoms with E-state index in [-0.39, 0.29) is 23.7 Å². The summed E-state index contributed by atoms with van der Waals surface area (Å²) in [7, 11) is 1.31. The summed E-state index contributed by atoms with van der Waals surface area (Å²) in [5.41, 5.74) is 2.55. The normalized spacial score (nSPS) is 18.7. The van der Waals surface area contributed by atoms with Crippen molar-refractivity contribution in [2.75, 3.05) is 20.2 Å². The summed E-state index contributed by atoms with van der Waals surface area (Å²) in [6.45, 7) is 1.93. The minimum Gasteiger partial charge on any atom is -0.464 e. The van der Waals surface area contributed by atoms with E-state index in [1.807, 2.05) is 23.6 Å². The third kappa shape index (κ3) is 5.18. The average Bonchev–Trinajstić information content (AvgIpc) is 3.55. The van der Waals surface area contributed by atoms with Crippen molar-refractivity contribution in [2.45, 2.75) is 31.5 Å². The molecule has 162 valence electrons. The number of methoxy groups -OCH3 is 1. The van der Waals surface area contributed by atoms with Crippen LogP contribution in [-0.2, 0) is 22.5 Å². The molecule has 1 amide bonds. The van der Waals surface area contributed by atoms with Gasteiger partial charge in [-0.15, -0.1) is 5.10 Å². The molecule has 9 heteroatoms. The number of amides is 1. The second-order valence-corrected chi connectivity index (χ2v) is 8.35. The van der Waals surface area contributed by atoms with E-state index in [2.05, 4.69) is 44.1 Å². The molecule has 0 saturated carbocycles. The maximum atomic E-state index is 13.0. The number of nitrogens with one attached hydrogen (secondary N) is 1. The number of hydrogen-bond acceptors (Lipinski definition) is 7. The van der Waals surface area contributed by atoms with Gasteiger partial charge in [-0.25, -0.2) is 9.48 Å². The van der Waals surface area contributed by atoms with Crippen LogP contribution in [0.2, 0.25) is 0 Å². The van der Waals surface area contributed by atoms with Crippen LogP contribution in [0.1, 0.15) is 34.1 Å². The van der Waals surface area contributed by atoms with Crippen LogP contribution in [0.4, 0.5) is 0 Å². The van der Waals surface area contributed by atoms with E-state index in [9.17, 15) is 9.59 Å². The van der Waals surface area contributed by atoms with Crippen LogP contribution in [0.5, 0.6) is 0 Å². The first-order valence-electron chi connectivity index (χ1n) is 10.2. The summed E-state index contributed by atoms with van der Waals surface area (Å²) in [6.07, 6.45) is 2.99. The molecule has 1 N–H and O–H groups in total. The fourth-order valence-corrected chi connectivity index (χ4v) is 4.54. The SMILES string of the molecule is COC(=O)c1cn([C@@H]2C[C@@H](C(=O)NCCc3ccccc3)N(Cc3ccsc3)C2)nn1. The number of hydrogen-bond donors (Lipinski definition) is 1. The number of likely N-dealkylation sites (tertiary alicyclic amines) is 1. The first-order valence-corrected chi connectivity index (χ1v) is 11.1. The van der Waals surface area contributed by atoms with Gasteiger partial charge in [-0.05, 0) is 40.8 Å². The maximum Gasteiger partial charge on any atom is 0.360 e. The predicted octanol–water partition coefficient (Wildman–Crippen LogP) is 2.30. The summed E-state index contributed by atoms with van der Waals surface area (Å²) in [5, 5.41) is 15.2. The summed E-state index contributed by atoms with van der Waals surface area (Å²) in [6, 6.07) is 11.9. The molecule has 1 aliphatic rings. The van der Waals surface area contributed by atoms with Crippen molar-refractivity contribution in [1.29, 1.82) is 0 Å². The number of rotatable bonds is 8. The third-order valence-corrected chi connectivity index (χ3v) is 6.22. The van der Waals surface area contributed by atoms with Crippen molar-refractivity contribution in [3.05, 3.63) is 70.2 Å². The Labute approximate surface area is 184 Å². The zero-order chi connectivity index (χ0) is 21.6. The summed E-state index contributed by atoms with van der Waals surface area (Å²) in [5.74, 6) is -0.503. The van der Waals surface area contributed by atoms with E-state index in [0.29, 0.717) is 26.1 Å². The van der Waals surface area contributed by atoms with E-state index in [4.69, 9.17) is 4.74 Å². The quantitative estimate of drug-likeness (QED) is 0.542. The van der Waals surface area contributed by atoms with Gasteiger partial charge in [0.1, 0.15) is 0 Å². The number of carbonyl (C=O) groups is 2. The number of benzene rings is 1. The van der Waals surface area contributed by atoms with Crippen LogP contribution in [0.15, 0.2) is 53.4 Å². The lowest BCUT2D eigenvalue weighted by atomic mass is 10.1. The van der Waals surface area contributed by atoms with E-state index in [1.54, 1.807) is 22.2 Å². The van der Waals surface area contributed by atoms with Crippen molar-refractivity contribution in [3.63, 3.8) is 0 Å². The highest BCUT2D eigenvalue weighted by Crippen LogP contribution is 2.29. The van der Waals surface area contributed by atoms with E-state index >= 15 is 0 Å². The second kappa shape index (κ2) is 9.84. The molecule has 1 fully saturated rings. The minimum absolute atomic E-state index is 0.0157. The molecule has 2 aromatic heterocycles. The molecule has 1 saturated heterocycles. The number of carbonyl (C=O) groups excluding carboxylic acids is 2. The molecule has 0 spiro atoms. The van der Waals surface area contributed by atoms with Gasteiger partial charge in [-0.1, -0.05) is 35.5 Å². The van der Waals surface area contributed by atoms with Crippen molar-refractivity contribution < 1.29 is 14.3 Å². The lowest BCUT2D eigenvalue weighted by molar-refractivity contribution is -0.125. The number of thiophene rings is 1. The van der Waals surface area contributed by atoms with Gasteiger partial charge < -0.3 is 10.1 Å². The van der Waals surface area contributed by atoms with Gasteiger partial charge in [0.05, 0.1) is 25.4 Å². The van der Waals surface area contributed by atoms with Gasteiger partial charge >= 0.3 is 5.97 Å². The van der Waals surface area contributed by atoms with Gasteiger partial charge in [0.2, 0.25) is 5.91 Å². The lowest BCUT2D eigenvalue weighted by Gasteiger charge is -2.23. The molecule has 0 unspecified atom stereocenters. The van der Waals surface area contributed by atoms with E-state index < -0.39 is 5.97 Å². The van der Waals surface area contributed by atoms with Gasteiger partial charge in [-0.2, -0.15) is 11.3 Å². The highest BCUT2D eigenvalue weighted by molar-refractivity contribution is 7.07. The highest BCUT2D eigenvalue weighted by atomic mass is 32.1. The second-order valence-electron chi connectivity index (χ2n) is 7.57. The number of ether oxygens (including phenoxy) is 1. The van der Waals surface area contributed by atoms with E-state index in [0.717, 1.165) is 6.42 Å². The standard InChI is InChI=1S/C22H25N5O3S/c1-30-22(29)19-14-27(25-24-19)18-11-20(26(13-18)12-17-8-10-31-15-17)21(28)23-9-7-16-5-3-2-4-6-16/h2-6,8,10,14-15,18,20H,7,9,11-13H2,1H3,(H,23,28)/t18-,20+/m1/s1. The Hall–Kier alpha value is -3.04. The average molecular weight is 440 g/mol. The maximum absolute atomic E-state index is 13.0. The molecule has 2 atom stereocenters. The summed E-state index contributed by atoms with van der Waals surface area (Å²) in [4.78, 5) is 26.9. The van der Waals surface area contributed by atoms with Gasteiger partial charge in [-0.3, -0.25) is 9.69 Å². The molecule has 1 aliphatic heterocycles. The molecule has 0 bridgehead atoms. The Bertz CT molecular complexity index is 1010. The van der Waals surface area contributed by atoms with Crippen LogP contribution < -0.4 is 5.32 Å². The van der Waals surface area contributed by atoms with Crippen LogP contribution in [0, 0.1) is 0 Å². The first-order chi connectivity index (χ1) is 15.1. The molecule has 8 nitrogen and oxygen atoms in total. The zero-order valence-corrected chi connectivity index (χ0v) is 18.1. The van der Waals surface area contributed by atoms with Crippen molar-refractivity contribution in [3.8, 4) is 0 Å². The molecule has 0 aliphatic carbocycles. The van der Waals surface area contributed by atoms with Crippen LogP contribution >= 0.6 is 11.3 Å². The summed E-state index contributed by atoms with van der Waals surface area (Å²) >= 11 is 1.64. The van der Waals surface area contributed by atoms with Crippen molar-refractivity contribution >= 4 is 23.2 Å². The predicted molar refractivity (Wildman–Crippen MR) is 117 cm³/mol. The zero-order valence-electron chi connectivity index (χ0n) is 17.3. The Morgan fingerprint density at radius 3 is 2.81 bits per heavy atom. The Kier molecular flexibility index (Phi) is 6.73. The third-order valence-electron chi connectivity index (χ3n) is 5.48. The molecule has 4 rings (SSSR count). The van der Waals surface area contributed by atoms with Crippen LogP contribution in [0.25, 0.3) is 0 Å². The van der Waals surface area contributed by atoms with Gasteiger partial charge in [0.15, 0.2) is 5.69 Å². The number of nitrogens with zero attached hydrogens (tertiary/aromatic N) is 4. The molecule has 3 heterocycles. The molecule has 31 heavy (non-hydrogen) atoms. The minimum atomic E-state index is -0.519. The monoisotopic (exact) mass is 439 g/mol. The van der Waals surface area contributed by atoms with Crippen molar-refractivity contribution in [2.24, 2.45) is 0 Å². The number of aromatic nitrogens is 3. The van der Waals surface area contributed by atoms with Gasteiger partial charge in [0, 0.05) is 19.6 Å². The molecular weight excluding hydrogens is 414 g/mol. The van der Waals surface area contributed by atoms with Crippen LogP contribution in [0.3, 0.4) is 0 Å². The lowest BCUT2D eigenvalue weighted by Crippen LogP contribution is -2.43. The largest absolute Gasteiger partial charge is 0.464 e. The molecular formula is C22H25N5O3S. The van der Waals surface area contributed by atoms with Crippen molar-refractivity contribution in [1.82, 2.24) is 25.2 Å². The molecule has 0 radical (unpaired) electrons. The van der Waals surface area contributed by atoms with Gasteiger partial charge in [0.25, 0.3) is 0 Å². The fourth-order valence-electron chi connectivity index (χ4n) is 3.88. The summed E-state index contributed by atoms with van der Waals surface area (Å²) < 4.78 is 6.39. The first kappa shape index (κ1) is 21.2. The Morgan fingerprint density at radius 2 is 2.06 bits per heavy atom. The fraction of sp³-hybridized carbons (Fsp3) is 0.364. The molecule has 3 aromatic rings. The highest BCUT2D eigenvalue weighted by Gasteiger charge is 2.38. The topological polar surface area (TPSA) is 89.4 Å². The van der Waals surface area contributed by atoms with E-state index in [1.165, 1.54) is 18.2 Å². The smallest absolute Gasteiger partial charge is 0.360 e. The Morgan fingerprint density at radius 1 is 1.23 bits per heavy atom. The molecule has 1 aromatic carbocycles. The Balaban J connectivity index is 1.43. The van der Waals surface area contributed by atoms with Crippen LogP contribution in [-0.4, -0.2) is 58.0 Å².